The van der Waals surface area contributed by atoms with Crippen LogP contribution in [0.25, 0.3) is 0 Å². The van der Waals surface area contributed by atoms with E-state index in [2.05, 4.69) is 24.1 Å². The molecule has 0 bridgehead atoms. The largest absolute Gasteiger partial charge is 0.384 e. The van der Waals surface area contributed by atoms with Gasteiger partial charge in [0.05, 0.1) is 0 Å². The zero-order chi connectivity index (χ0) is 10.4. The Kier molecular flexibility index (Phi) is 3.89. The van der Waals surface area contributed by atoms with Crippen LogP contribution in [0.3, 0.4) is 0 Å². The lowest BCUT2D eigenvalue weighted by molar-refractivity contribution is 0.365. The molecule has 0 saturated carbocycles. The number of pyridine rings is 1. The van der Waals surface area contributed by atoms with Crippen molar-refractivity contribution in [3.05, 3.63) is 24.5 Å². The van der Waals surface area contributed by atoms with Gasteiger partial charge in [0.2, 0.25) is 0 Å². The van der Waals surface area contributed by atoms with Crippen molar-refractivity contribution in [2.75, 3.05) is 18.4 Å². The van der Waals surface area contributed by atoms with Gasteiger partial charge in [-0.25, -0.2) is 0 Å². The molecule has 0 aliphatic carbocycles. The third-order valence-corrected chi connectivity index (χ3v) is 2.27. The van der Waals surface area contributed by atoms with Crippen LogP contribution in [0.4, 0.5) is 5.69 Å². The summed E-state index contributed by atoms with van der Waals surface area (Å²) in [5.74, 6) is 0. The smallest absolute Gasteiger partial charge is 0.0371 e. The minimum atomic E-state index is 0.248. The van der Waals surface area contributed by atoms with Crippen LogP contribution < -0.4 is 11.1 Å². The molecule has 3 heteroatoms. The minimum absolute atomic E-state index is 0.248. The van der Waals surface area contributed by atoms with E-state index in [0.717, 1.165) is 25.2 Å². The summed E-state index contributed by atoms with van der Waals surface area (Å²) < 4.78 is 0. The first-order chi connectivity index (χ1) is 6.64. The van der Waals surface area contributed by atoms with Crippen molar-refractivity contribution >= 4 is 5.69 Å². The Morgan fingerprint density at radius 2 is 2.00 bits per heavy atom. The zero-order valence-corrected chi connectivity index (χ0v) is 8.96. The van der Waals surface area contributed by atoms with Gasteiger partial charge < -0.3 is 11.1 Å². The second kappa shape index (κ2) is 4.96. The van der Waals surface area contributed by atoms with Gasteiger partial charge in [0.1, 0.15) is 0 Å². The molecule has 3 N–H and O–H groups in total. The van der Waals surface area contributed by atoms with Crippen molar-refractivity contribution in [3.8, 4) is 0 Å². The first kappa shape index (κ1) is 11.0. The lowest BCUT2D eigenvalue weighted by atomic mass is 9.89. The minimum Gasteiger partial charge on any atom is -0.384 e. The average molecular weight is 193 g/mol. The maximum atomic E-state index is 5.55. The summed E-state index contributed by atoms with van der Waals surface area (Å²) in [6.45, 7) is 6.11. The molecule has 1 aromatic rings. The molecule has 0 unspecified atom stereocenters. The zero-order valence-electron chi connectivity index (χ0n) is 8.96. The van der Waals surface area contributed by atoms with Gasteiger partial charge in [-0.05, 0) is 30.5 Å². The molecule has 0 aliphatic heterocycles. The molecule has 0 atom stereocenters. The third-order valence-electron chi connectivity index (χ3n) is 2.27. The predicted molar refractivity (Wildman–Crippen MR) is 60.2 cm³/mol. The van der Waals surface area contributed by atoms with Crippen LogP contribution in [-0.2, 0) is 0 Å². The van der Waals surface area contributed by atoms with Gasteiger partial charge in [0, 0.05) is 24.6 Å². The maximum Gasteiger partial charge on any atom is 0.0371 e. The highest BCUT2D eigenvalue weighted by Crippen LogP contribution is 2.19. The quantitative estimate of drug-likeness (QED) is 0.750. The number of nitrogens with zero attached hydrogens (tertiary/aromatic N) is 1. The van der Waals surface area contributed by atoms with Crippen molar-refractivity contribution in [1.82, 2.24) is 4.98 Å². The number of hydrogen-bond acceptors (Lipinski definition) is 3. The monoisotopic (exact) mass is 193 g/mol. The maximum absolute atomic E-state index is 5.55. The molecular formula is C11H19N3. The molecule has 14 heavy (non-hydrogen) atoms. The lowest BCUT2D eigenvalue weighted by Gasteiger charge is -2.24. The number of nitrogens with two attached hydrogens (primary N) is 1. The van der Waals surface area contributed by atoms with Crippen molar-refractivity contribution in [2.24, 2.45) is 11.1 Å². The van der Waals surface area contributed by atoms with Crippen LogP contribution in [0.5, 0.6) is 0 Å². The fraction of sp³-hybridized carbons (Fsp3) is 0.545. The van der Waals surface area contributed by atoms with E-state index in [1.165, 1.54) is 0 Å². The first-order valence-electron chi connectivity index (χ1n) is 4.98. The van der Waals surface area contributed by atoms with Gasteiger partial charge in [-0.3, -0.25) is 4.98 Å². The predicted octanol–water partition coefficient (Wildman–Crippen LogP) is 1.87. The summed E-state index contributed by atoms with van der Waals surface area (Å²) in [6.07, 6.45) is 4.61. The van der Waals surface area contributed by atoms with Gasteiger partial charge in [-0.2, -0.15) is 0 Å². The Morgan fingerprint density at radius 3 is 2.57 bits per heavy atom. The van der Waals surface area contributed by atoms with E-state index in [1.807, 2.05) is 12.1 Å². The van der Waals surface area contributed by atoms with Crippen molar-refractivity contribution < 1.29 is 0 Å². The summed E-state index contributed by atoms with van der Waals surface area (Å²) in [4.78, 5) is 3.97. The van der Waals surface area contributed by atoms with Gasteiger partial charge in [0.25, 0.3) is 0 Å². The molecule has 0 aliphatic rings. The molecule has 78 valence electrons. The highest BCUT2D eigenvalue weighted by Gasteiger charge is 2.15. The van der Waals surface area contributed by atoms with Crippen molar-refractivity contribution in [2.45, 2.75) is 20.3 Å². The van der Waals surface area contributed by atoms with E-state index in [-0.39, 0.29) is 5.41 Å². The number of anilines is 1. The molecular weight excluding hydrogens is 174 g/mol. The van der Waals surface area contributed by atoms with Crippen LogP contribution in [0.15, 0.2) is 24.5 Å². The van der Waals surface area contributed by atoms with Crippen LogP contribution >= 0.6 is 0 Å². The van der Waals surface area contributed by atoms with Crippen LogP contribution in [0, 0.1) is 5.41 Å². The number of aromatic nitrogens is 1. The van der Waals surface area contributed by atoms with E-state index >= 15 is 0 Å². The molecule has 0 aromatic carbocycles. The Labute approximate surface area is 85.7 Å². The summed E-state index contributed by atoms with van der Waals surface area (Å²) in [5, 5.41) is 3.37. The standard InChI is InChI=1S/C11H19N3/c1-11(2,5-6-12)9-14-10-3-7-13-8-4-10/h3-4,7-8H,5-6,9,12H2,1-2H3,(H,13,14). The molecule has 1 rings (SSSR count). The second-order valence-corrected chi connectivity index (χ2v) is 4.29. The molecule has 0 saturated heterocycles. The number of hydrogen-bond donors (Lipinski definition) is 2. The molecule has 0 spiro atoms. The molecule has 1 aromatic heterocycles. The van der Waals surface area contributed by atoms with Gasteiger partial charge >= 0.3 is 0 Å². The fourth-order valence-corrected chi connectivity index (χ4v) is 1.29. The molecule has 0 amide bonds. The Bertz CT molecular complexity index is 256. The molecule has 0 fully saturated rings. The summed E-state index contributed by atoms with van der Waals surface area (Å²) in [7, 11) is 0. The lowest BCUT2D eigenvalue weighted by Crippen LogP contribution is -2.26. The highest BCUT2D eigenvalue weighted by atomic mass is 14.9. The second-order valence-electron chi connectivity index (χ2n) is 4.29. The SMILES string of the molecule is CC(C)(CCN)CNc1ccncc1. The molecule has 0 radical (unpaired) electrons. The number of rotatable bonds is 5. The molecule has 1 heterocycles. The summed E-state index contributed by atoms with van der Waals surface area (Å²) in [5.41, 5.74) is 6.91. The van der Waals surface area contributed by atoms with E-state index in [4.69, 9.17) is 5.73 Å². The molecule has 3 nitrogen and oxygen atoms in total. The van der Waals surface area contributed by atoms with Gasteiger partial charge in [-0.15, -0.1) is 0 Å². The fourth-order valence-electron chi connectivity index (χ4n) is 1.29. The first-order valence-corrected chi connectivity index (χ1v) is 4.98. The number of nitrogens with one attached hydrogen (secondary N) is 1. The van der Waals surface area contributed by atoms with Crippen molar-refractivity contribution in [3.63, 3.8) is 0 Å². The highest BCUT2D eigenvalue weighted by molar-refractivity contribution is 5.40. The van der Waals surface area contributed by atoms with Crippen LogP contribution in [-0.4, -0.2) is 18.1 Å². The van der Waals surface area contributed by atoms with Gasteiger partial charge in [0.15, 0.2) is 0 Å². The Balaban J connectivity index is 2.40. The van der Waals surface area contributed by atoms with Crippen LogP contribution in [0.2, 0.25) is 0 Å². The van der Waals surface area contributed by atoms with Gasteiger partial charge in [-0.1, -0.05) is 13.8 Å². The summed E-state index contributed by atoms with van der Waals surface area (Å²) in [6, 6.07) is 3.94. The van der Waals surface area contributed by atoms with E-state index < -0.39 is 0 Å². The van der Waals surface area contributed by atoms with E-state index in [9.17, 15) is 0 Å². The van der Waals surface area contributed by atoms with E-state index in [1.54, 1.807) is 12.4 Å². The Morgan fingerprint density at radius 1 is 1.36 bits per heavy atom. The van der Waals surface area contributed by atoms with Crippen molar-refractivity contribution in [1.29, 1.82) is 0 Å². The topological polar surface area (TPSA) is 50.9 Å². The normalized spacial score (nSPS) is 11.4. The third kappa shape index (κ3) is 3.75. The Hall–Kier alpha value is -1.09. The summed E-state index contributed by atoms with van der Waals surface area (Å²) >= 11 is 0. The van der Waals surface area contributed by atoms with E-state index in [0.29, 0.717) is 0 Å². The average Bonchev–Trinajstić information content (AvgIpc) is 2.17. The van der Waals surface area contributed by atoms with Crippen LogP contribution in [0.1, 0.15) is 20.3 Å².